The van der Waals surface area contributed by atoms with Crippen LogP contribution in [0, 0.1) is 3.57 Å². The number of hydrogen-bond donors (Lipinski definition) is 3. The lowest BCUT2D eigenvalue weighted by Gasteiger charge is -2.14. The predicted molar refractivity (Wildman–Crippen MR) is 79.2 cm³/mol. The van der Waals surface area contributed by atoms with E-state index in [4.69, 9.17) is 9.84 Å². The smallest absolute Gasteiger partial charge is 0.319 e. The van der Waals surface area contributed by atoms with Crippen LogP contribution >= 0.6 is 22.6 Å². The van der Waals surface area contributed by atoms with Crippen LogP contribution in [-0.2, 0) is 9.53 Å². The van der Waals surface area contributed by atoms with Crippen LogP contribution in [0.4, 0.5) is 10.5 Å². The van der Waals surface area contributed by atoms with Crippen LogP contribution in [0.2, 0.25) is 0 Å². The van der Waals surface area contributed by atoms with E-state index >= 15 is 0 Å². The molecular formula is C12H15IN2O4. The number of carbonyl (C=O) groups excluding carboxylic acids is 1. The van der Waals surface area contributed by atoms with Gasteiger partial charge in [0, 0.05) is 22.9 Å². The number of halogens is 1. The molecule has 0 saturated carbocycles. The molecule has 1 rings (SSSR count). The molecule has 7 heteroatoms. The Kier molecular flexibility index (Phi) is 6.57. The van der Waals surface area contributed by atoms with Crippen LogP contribution in [0.3, 0.4) is 0 Å². The van der Waals surface area contributed by atoms with Crippen LogP contribution in [0.1, 0.15) is 6.42 Å². The van der Waals surface area contributed by atoms with Crippen molar-refractivity contribution in [3.05, 3.63) is 27.8 Å². The standard InChI is InChI=1S/C12H15IN2O4/c1-19-10(6-11(16)17)7-14-12(18)15-9-4-2-8(13)3-5-9/h2-5,10H,6-7H2,1H3,(H,16,17)(H2,14,15,18). The Labute approximate surface area is 124 Å². The number of rotatable bonds is 6. The summed E-state index contributed by atoms with van der Waals surface area (Å²) in [7, 11) is 1.41. The average Bonchev–Trinajstić information content (AvgIpc) is 2.37. The minimum absolute atomic E-state index is 0.138. The van der Waals surface area contributed by atoms with Gasteiger partial charge in [-0.25, -0.2) is 4.79 Å². The van der Waals surface area contributed by atoms with Crippen molar-refractivity contribution in [3.63, 3.8) is 0 Å². The summed E-state index contributed by atoms with van der Waals surface area (Å²) in [6, 6.07) is 6.92. The van der Waals surface area contributed by atoms with Gasteiger partial charge in [0.1, 0.15) is 0 Å². The van der Waals surface area contributed by atoms with E-state index in [9.17, 15) is 9.59 Å². The molecule has 0 aliphatic rings. The van der Waals surface area contributed by atoms with Gasteiger partial charge in [0.2, 0.25) is 0 Å². The lowest BCUT2D eigenvalue weighted by molar-refractivity contribution is -0.139. The molecule has 0 aliphatic carbocycles. The molecule has 1 aromatic carbocycles. The van der Waals surface area contributed by atoms with E-state index in [-0.39, 0.29) is 13.0 Å². The molecule has 104 valence electrons. The fourth-order valence-electron chi connectivity index (χ4n) is 1.35. The van der Waals surface area contributed by atoms with Gasteiger partial charge in [-0.1, -0.05) is 0 Å². The van der Waals surface area contributed by atoms with Gasteiger partial charge in [-0.3, -0.25) is 4.79 Å². The summed E-state index contributed by atoms with van der Waals surface area (Å²) in [5.41, 5.74) is 0.671. The van der Waals surface area contributed by atoms with Crippen molar-refractivity contribution in [2.75, 3.05) is 19.0 Å². The van der Waals surface area contributed by atoms with Crippen LogP contribution in [0.5, 0.6) is 0 Å². The fraction of sp³-hybridized carbons (Fsp3) is 0.333. The number of nitrogens with one attached hydrogen (secondary N) is 2. The van der Waals surface area contributed by atoms with Gasteiger partial charge >= 0.3 is 12.0 Å². The second kappa shape index (κ2) is 7.95. The summed E-state index contributed by atoms with van der Waals surface area (Å²) >= 11 is 2.17. The number of urea groups is 1. The molecule has 1 atom stereocenters. The Hall–Kier alpha value is -1.35. The Morgan fingerprint density at radius 1 is 1.37 bits per heavy atom. The van der Waals surface area contributed by atoms with Gasteiger partial charge in [0.05, 0.1) is 12.5 Å². The highest BCUT2D eigenvalue weighted by molar-refractivity contribution is 14.1. The van der Waals surface area contributed by atoms with Crippen LogP contribution < -0.4 is 10.6 Å². The zero-order valence-electron chi connectivity index (χ0n) is 10.4. The molecule has 0 aliphatic heterocycles. The van der Waals surface area contributed by atoms with E-state index in [1.165, 1.54) is 7.11 Å². The summed E-state index contributed by atoms with van der Waals surface area (Å²) in [4.78, 5) is 22.1. The maximum absolute atomic E-state index is 11.6. The largest absolute Gasteiger partial charge is 0.481 e. The maximum atomic E-state index is 11.6. The zero-order chi connectivity index (χ0) is 14.3. The Morgan fingerprint density at radius 3 is 2.53 bits per heavy atom. The first-order valence-corrected chi connectivity index (χ1v) is 6.64. The number of aliphatic carboxylic acids is 1. The normalized spacial score (nSPS) is 11.7. The van der Waals surface area contributed by atoms with E-state index in [0.29, 0.717) is 5.69 Å². The second-order valence-corrected chi connectivity index (χ2v) is 5.04. The molecule has 1 aromatic rings. The molecule has 0 radical (unpaired) electrons. The lowest BCUT2D eigenvalue weighted by Crippen LogP contribution is -2.37. The molecule has 0 aromatic heterocycles. The van der Waals surface area contributed by atoms with Gasteiger partial charge in [0.25, 0.3) is 0 Å². The number of benzene rings is 1. The second-order valence-electron chi connectivity index (χ2n) is 3.80. The molecule has 19 heavy (non-hydrogen) atoms. The SMILES string of the molecule is COC(CNC(=O)Nc1ccc(I)cc1)CC(=O)O. The quantitative estimate of drug-likeness (QED) is 0.660. The fourth-order valence-corrected chi connectivity index (χ4v) is 1.71. The Morgan fingerprint density at radius 2 is 2.00 bits per heavy atom. The summed E-state index contributed by atoms with van der Waals surface area (Å²) in [5, 5.41) is 13.8. The maximum Gasteiger partial charge on any atom is 0.319 e. The minimum atomic E-state index is -0.966. The molecule has 0 spiro atoms. The van der Waals surface area contributed by atoms with E-state index in [2.05, 4.69) is 33.2 Å². The molecule has 0 bridgehead atoms. The van der Waals surface area contributed by atoms with Gasteiger partial charge in [0.15, 0.2) is 0 Å². The number of carbonyl (C=O) groups is 2. The number of methoxy groups -OCH3 is 1. The van der Waals surface area contributed by atoms with Crippen molar-refractivity contribution in [1.82, 2.24) is 5.32 Å². The third-order valence-electron chi connectivity index (χ3n) is 2.33. The van der Waals surface area contributed by atoms with E-state index in [1.807, 2.05) is 12.1 Å². The van der Waals surface area contributed by atoms with Crippen LogP contribution in [0.15, 0.2) is 24.3 Å². The molecule has 2 amide bonds. The molecule has 0 fully saturated rings. The Balaban J connectivity index is 2.38. The molecule has 6 nitrogen and oxygen atoms in total. The van der Waals surface area contributed by atoms with E-state index < -0.39 is 18.1 Å². The third kappa shape index (κ3) is 6.39. The number of carboxylic acid groups (broad SMARTS) is 1. The lowest BCUT2D eigenvalue weighted by atomic mass is 10.2. The van der Waals surface area contributed by atoms with Crippen molar-refractivity contribution >= 4 is 40.3 Å². The highest BCUT2D eigenvalue weighted by Gasteiger charge is 2.13. The van der Waals surface area contributed by atoms with Crippen LogP contribution in [0.25, 0.3) is 0 Å². The third-order valence-corrected chi connectivity index (χ3v) is 3.05. The topological polar surface area (TPSA) is 87.7 Å². The van der Waals surface area contributed by atoms with Crippen molar-refractivity contribution in [2.24, 2.45) is 0 Å². The first-order valence-electron chi connectivity index (χ1n) is 5.56. The van der Waals surface area contributed by atoms with Gasteiger partial charge in [-0.05, 0) is 46.9 Å². The number of anilines is 1. The summed E-state index contributed by atoms with van der Waals surface area (Å²) in [5.74, 6) is -0.966. The zero-order valence-corrected chi connectivity index (χ0v) is 12.5. The molecule has 1 unspecified atom stereocenters. The van der Waals surface area contributed by atoms with Crippen molar-refractivity contribution in [2.45, 2.75) is 12.5 Å². The highest BCUT2D eigenvalue weighted by Crippen LogP contribution is 2.10. The summed E-state index contributed by atoms with van der Waals surface area (Å²) in [6.07, 6.45) is -0.694. The monoisotopic (exact) mass is 378 g/mol. The predicted octanol–water partition coefficient (Wildman–Crippen LogP) is 1.90. The first kappa shape index (κ1) is 15.7. The molecule has 3 N–H and O–H groups in total. The van der Waals surface area contributed by atoms with Crippen molar-refractivity contribution in [1.29, 1.82) is 0 Å². The number of amides is 2. The highest BCUT2D eigenvalue weighted by atomic mass is 127. The van der Waals surface area contributed by atoms with Gasteiger partial charge < -0.3 is 20.5 Å². The van der Waals surface area contributed by atoms with Crippen LogP contribution in [-0.4, -0.2) is 36.9 Å². The van der Waals surface area contributed by atoms with Crippen molar-refractivity contribution in [3.8, 4) is 0 Å². The summed E-state index contributed by atoms with van der Waals surface area (Å²) < 4.78 is 6.03. The Bertz CT molecular complexity index is 436. The van der Waals surface area contributed by atoms with Crippen molar-refractivity contribution < 1.29 is 19.4 Å². The minimum Gasteiger partial charge on any atom is -0.481 e. The molecule has 0 saturated heterocycles. The molecular weight excluding hydrogens is 363 g/mol. The first-order chi connectivity index (χ1) is 9.01. The van der Waals surface area contributed by atoms with E-state index in [1.54, 1.807) is 12.1 Å². The van der Waals surface area contributed by atoms with Gasteiger partial charge in [-0.2, -0.15) is 0 Å². The average molecular weight is 378 g/mol. The number of hydrogen-bond acceptors (Lipinski definition) is 3. The van der Waals surface area contributed by atoms with E-state index in [0.717, 1.165) is 3.57 Å². The molecule has 0 heterocycles. The van der Waals surface area contributed by atoms with Gasteiger partial charge in [-0.15, -0.1) is 0 Å². The number of carboxylic acids is 1. The summed E-state index contributed by atoms with van der Waals surface area (Å²) in [6.45, 7) is 0.138. The number of ether oxygens (including phenoxy) is 1.